The van der Waals surface area contributed by atoms with E-state index in [9.17, 15) is 0 Å². The smallest absolute Gasteiger partial charge is 0.114 e. The van der Waals surface area contributed by atoms with Crippen LogP contribution in [0.25, 0.3) is 71.6 Å². The maximum Gasteiger partial charge on any atom is 0.114 e. The van der Waals surface area contributed by atoms with Crippen LogP contribution in [0.5, 0.6) is 0 Å². The molecule has 8 aromatic rings. The van der Waals surface area contributed by atoms with Gasteiger partial charge in [-0.05, 0) is 79.2 Å². The first-order valence-electron chi connectivity index (χ1n) is 19.0. The first kappa shape index (κ1) is 16.8. The number of fused-ring (bicyclic) bond motifs is 3. The number of nitrogens with zero attached hydrogens (tertiary/aromatic N) is 2. The quantitative estimate of drug-likeness (QED) is 0.191. The van der Waals surface area contributed by atoms with Crippen molar-refractivity contribution in [3.63, 3.8) is 0 Å². The first-order chi connectivity index (χ1) is 25.3. The van der Waals surface area contributed by atoms with Gasteiger partial charge < -0.3 is 0 Å². The number of imidazole rings is 1. The third-order valence-corrected chi connectivity index (χ3v) is 7.98. The summed E-state index contributed by atoms with van der Waals surface area (Å²) in [6, 6.07) is 36.2. The highest BCUT2D eigenvalue weighted by molar-refractivity contribution is 6.22. The van der Waals surface area contributed by atoms with Crippen LogP contribution in [0.4, 0.5) is 0 Å². The molecular weight excluding hydrogens is 520 g/mol. The third-order valence-electron chi connectivity index (χ3n) is 7.98. The van der Waals surface area contributed by atoms with Crippen LogP contribution in [-0.2, 0) is 6.37 Å². The maximum atomic E-state index is 8.77. The minimum Gasteiger partial charge on any atom is -0.296 e. The van der Waals surface area contributed by atoms with Crippen LogP contribution in [0.1, 0.15) is 26.4 Å². The molecule has 0 unspecified atom stereocenters. The van der Waals surface area contributed by atoms with Crippen LogP contribution in [0, 0.1) is 0 Å². The largest absolute Gasteiger partial charge is 0.296 e. The van der Waals surface area contributed by atoms with Crippen molar-refractivity contribution >= 4 is 32.6 Å². The van der Waals surface area contributed by atoms with E-state index < -0.39 is 31.4 Å². The van der Waals surface area contributed by atoms with Crippen molar-refractivity contribution in [1.82, 2.24) is 9.55 Å². The van der Waals surface area contributed by atoms with E-state index in [0.717, 1.165) is 43.8 Å². The molecule has 7 aromatic carbocycles. The molecular formula is C41H30N2. The van der Waals surface area contributed by atoms with Crippen LogP contribution in [0.2, 0.25) is 0 Å². The molecule has 0 amide bonds. The fourth-order valence-corrected chi connectivity index (χ4v) is 6.18. The number of rotatable bonds is 5. The van der Waals surface area contributed by atoms with Gasteiger partial charge in [0.2, 0.25) is 0 Å². The van der Waals surface area contributed by atoms with Crippen LogP contribution in [0.3, 0.4) is 0 Å². The molecule has 0 bridgehead atoms. The Balaban J connectivity index is 1.36. The molecule has 0 aliphatic carbocycles. The molecule has 0 saturated carbocycles. The SMILES string of the molecule is [2H]c1c([2H])c([2H])c(-c2ccccc2-c2c3ccccc3c(-c3ccc(-n4c(C([2H])([2H])C([2H])([2H])[2H])nc5ccccc54)cc3)c3ccccc23)c([2H])c1[2H]. The Morgan fingerprint density at radius 3 is 1.86 bits per heavy atom. The van der Waals surface area contributed by atoms with E-state index in [1.54, 1.807) is 41.0 Å². The number of benzene rings is 7. The van der Waals surface area contributed by atoms with Crippen molar-refractivity contribution in [3.05, 3.63) is 157 Å². The standard InChI is InChI=1S/C41H30N2/c1-2-39-42-37-22-12-13-23-38(37)43(39)30-26-24-29(25-27-30)40-33-18-8-10-20-35(33)41(36-21-11-9-19-34(36)40)32-17-7-6-16-31(32)28-14-4-3-5-15-28/h3-27H,2H2,1H3/i1D3,2D2,3D,4D,5D,14D,15D. The molecule has 0 atom stereocenters. The summed E-state index contributed by atoms with van der Waals surface area (Å²) in [6.07, 6.45) is -2.72. The van der Waals surface area contributed by atoms with Gasteiger partial charge in [0.05, 0.1) is 17.9 Å². The van der Waals surface area contributed by atoms with Gasteiger partial charge in [-0.2, -0.15) is 0 Å². The van der Waals surface area contributed by atoms with Gasteiger partial charge in [-0.25, -0.2) is 4.98 Å². The predicted octanol–water partition coefficient (Wildman–Crippen LogP) is 10.9. The molecule has 0 saturated heterocycles. The molecule has 0 radical (unpaired) electrons. The average molecular weight is 561 g/mol. The van der Waals surface area contributed by atoms with Gasteiger partial charge in [-0.15, -0.1) is 0 Å². The Labute approximate surface area is 265 Å². The molecule has 1 heterocycles. The fraction of sp³-hybridized carbons (Fsp3) is 0.0488. The van der Waals surface area contributed by atoms with Crippen molar-refractivity contribution in [2.24, 2.45) is 0 Å². The average Bonchev–Trinajstić information content (AvgIpc) is 3.56. The van der Waals surface area contributed by atoms with E-state index in [2.05, 4.69) is 4.98 Å². The van der Waals surface area contributed by atoms with Gasteiger partial charge in [0, 0.05) is 18.9 Å². The Hall–Kier alpha value is -5.47. The molecule has 0 N–H and O–H groups in total. The van der Waals surface area contributed by atoms with Gasteiger partial charge in [0.1, 0.15) is 5.82 Å². The van der Waals surface area contributed by atoms with Crippen molar-refractivity contribution in [1.29, 1.82) is 0 Å². The summed E-state index contributed by atoms with van der Waals surface area (Å²) >= 11 is 0. The van der Waals surface area contributed by atoms with E-state index in [-0.39, 0.29) is 23.5 Å². The van der Waals surface area contributed by atoms with Crippen molar-refractivity contribution in [2.45, 2.75) is 13.2 Å². The molecule has 0 fully saturated rings. The van der Waals surface area contributed by atoms with Gasteiger partial charge in [0.15, 0.2) is 0 Å². The second-order valence-corrected chi connectivity index (χ2v) is 10.3. The van der Waals surface area contributed by atoms with Crippen molar-refractivity contribution in [3.8, 4) is 39.1 Å². The minimum absolute atomic E-state index is 0.133. The zero-order chi connectivity index (χ0) is 37.4. The van der Waals surface area contributed by atoms with Crippen LogP contribution in [0.15, 0.2) is 152 Å². The lowest BCUT2D eigenvalue weighted by Gasteiger charge is -2.20. The van der Waals surface area contributed by atoms with Gasteiger partial charge in [-0.1, -0.05) is 134 Å². The van der Waals surface area contributed by atoms with E-state index in [0.29, 0.717) is 22.3 Å². The molecule has 8 rings (SSSR count). The molecule has 1 aromatic heterocycles. The minimum atomic E-state index is -2.95. The first-order valence-corrected chi connectivity index (χ1v) is 14.0. The summed E-state index contributed by atoms with van der Waals surface area (Å²) in [7, 11) is 0. The van der Waals surface area contributed by atoms with Crippen LogP contribution >= 0.6 is 0 Å². The summed E-state index contributed by atoms with van der Waals surface area (Å²) in [6.45, 7) is -2.95. The molecule has 0 spiro atoms. The maximum absolute atomic E-state index is 8.77. The molecule has 0 aliphatic rings. The van der Waals surface area contributed by atoms with E-state index in [1.165, 1.54) is 0 Å². The third kappa shape index (κ3) is 4.14. The molecule has 2 nitrogen and oxygen atoms in total. The van der Waals surface area contributed by atoms with Gasteiger partial charge >= 0.3 is 0 Å². The number of para-hydroxylation sites is 2. The van der Waals surface area contributed by atoms with Crippen molar-refractivity contribution < 1.29 is 13.7 Å². The number of hydrogen-bond donors (Lipinski definition) is 0. The second kappa shape index (κ2) is 10.4. The monoisotopic (exact) mass is 560 g/mol. The highest BCUT2D eigenvalue weighted by atomic mass is 15.1. The van der Waals surface area contributed by atoms with E-state index >= 15 is 0 Å². The lowest BCUT2D eigenvalue weighted by Crippen LogP contribution is -2.00. The number of hydrogen-bond acceptors (Lipinski definition) is 1. The topological polar surface area (TPSA) is 17.8 Å². The zero-order valence-corrected chi connectivity index (χ0v) is 22.9. The summed E-state index contributed by atoms with van der Waals surface area (Å²) in [5.74, 6) is -0.204. The van der Waals surface area contributed by atoms with E-state index in [1.807, 2.05) is 84.9 Å². The molecule has 0 aliphatic heterocycles. The fourth-order valence-electron chi connectivity index (χ4n) is 6.18. The van der Waals surface area contributed by atoms with Crippen LogP contribution in [-0.4, -0.2) is 9.55 Å². The highest BCUT2D eigenvalue weighted by Gasteiger charge is 2.19. The normalized spacial score (nSPS) is 15.4. The Morgan fingerprint density at radius 1 is 0.605 bits per heavy atom. The zero-order valence-electron chi connectivity index (χ0n) is 32.9. The summed E-state index contributed by atoms with van der Waals surface area (Å²) < 4.78 is 85.0. The number of aryl methyl sites for hydroxylation is 1. The van der Waals surface area contributed by atoms with E-state index in [4.69, 9.17) is 13.7 Å². The lowest BCUT2D eigenvalue weighted by atomic mass is 9.84. The summed E-state index contributed by atoms with van der Waals surface area (Å²) in [4.78, 5) is 4.46. The Morgan fingerprint density at radius 2 is 1.19 bits per heavy atom. The lowest BCUT2D eigenvalue weighted by molar-refractivity contribution is 0.908. The van der Waals surface area contributed by atoms with Gasteiger partial charge in [-0.3, -0.25) is 4.57 Å². The molecule has 204 valence electrons. The second-order valence-electron chi connectivity index (χ2n) is 10.3. The predicted molar refractivity (Wildman–Crippen MR) is 182 cm³/mol. The van der Waals surface area contributed by atoms with Crippen molar-refractivity contribution in [2.75, 3.05) is 0 Å². The van der Waals surface area contributed by atoms with Gasteiger partial charge in [0.25, 0.3) is 0 Å². The highest BCUT2D eigenvalue weighted by Crippen LogP contribution is 2.46. The molecule has 43 heavy (non-hydrogen) atoms. The Kier molecular flexibility index (Phi) is 4.08. The summed E-state index contributed by atoms with van der Waals surface area (Å²) in [5.41, 5.74) is 5.69. The van der Waals surface area contributed by atoms with Crippen LogP contribution < -0.4 is 0 Å². The number of aromatic nitrogens is 2. The Bertz CT molecular complexity index is 2660. The molecule has 2 heteroatoms. The summed E-state index contributed by atoms with van der Waals surface area (Å²) in [5, 5.41) is 3.66.